The number of hydrogen-bond donors (Lipinski definition) is 0. The van der Waals surface area contributed by atoms with E-state index in [1.54, 1.807) is 0 Å². The molecular formula is C16H13ClO7S. The van der Waals surface area contributed by atoms with Crippen LogP contribution in [-0.4, -0.2) is 34.6 Å². The lowest BCUT2D eigenvalue weighted by Crippen LogP contribution is -2.14. The van der Waals surface area contributed by atoms with E-state index in [0.717, 1.165) is 26.4 Å². The second kappa shape index (κ2) is 7.54. The van der Waals surface area contributed by atoms with Crippen LogP contribution in [0.1, 0.15) is 20.7 Å². The quantitative estimate of drug-likeness (QED) is 0.577. The molecule has 0 fully saturated rings. The zero-order chi connectivity index (χ0) is 18.6. The monoisotopic (exact) mass is 384 g/mol. The third-order valence-electron chi connectivity index (χ3n) is 3.06. The molecule has 9 heteroatoms. The highest BCUT2D eigenvalue weighted by Gasteiger charge is 2.22. The summed E-state index contributed by atoms with van der Waals surface area (Å²) >= 11 is 5.74. The van der Waals surface area contributed by atoms with Crippen molar-refractivity contribution in [2.75, 3.05) is 14.2 Å². The van der Waals surface area contributed by atoms with Gasteiger partial charge in [0, 0.05) is 5.02 Å². The molecule has 0 aliphatic heterocycles. The molecule has 132 valence electrons. The van der Waals surface area contributed by atoms with Crippen LogP contribution < -0.4 is 4.18 Å². The van der Waals surface area contributed by atoms with E-state index in [0.29, 0.717) is 5.02 Å². The third kappa shape index (κ3) is 4.49. The van der Waals surface area contributed by atoms with Crippen LogP contribution in [0.5, 0.6) is 5.75 Å². The molecule has 0 atom stereocenters. The van der Waals surface area contributed by atoms with Gasteiger partial charge in [-0.25, -0.2) is 9.59 Å². The molecule has 0 saturated heterocycles. The number of carbonyl (C=O) groups excluding carboxylic acids is 2. The van der Waals surface area contributed by atoms with Crippen LogP contribution in [0.3, 0.4) is 0 Å². The van der Waals surface area contributed by atoms with Crippen LogP contribution in [-0.2, 0) is 19.6 Å². The van der Waals surface area contributed by atoms with Gasteiger partial charge >= 0.3 is 22.1 Å². The van der Waals surface area contributed by atoms with Crippen LogP contribution >= 0.6 is 11.6 Å². The van der Waals surface area contributed by atoms with Crippen LogP contribution in [0.2, 0.25) is 5.02 Å². The molecule has 0 bridgehead atoms. The maximum absolute atomic E-state index is 12.5. The van der Waals surface area contributed by atoms with Crippen molar-refractivity contribution in [3.63, 3.8) is 0 Å². The highest BCUT2D eigenvalue weighted by Crippen LogP contribution is 2.23. The molecule has 2 aromatic carbocycles. The molecule has 0 aliphatic rings. The Morgan fingerprint density at radius 2 is 1.36 bits per heavy atom. The Morgan fingerprint density at radius 3 is 1.80 bits per heavy atom. The number of esters is 2. The number of methoxy groups -OCH3 is 2. The summed E-state index contributed by atoms with van der Waals surface area (Å²) in [7, 11) is -2.05. The molecule has 0 aliphatic carbocycles. The van der Waals surface area contributed by atoms with Crippen molar-refractivity contribution in [2.24, 2.45) is 0 Å². The maximum Gasteiger partial charge on any atom is 0.339 e. The Labute approximate surface area is 149 Å². The number of ether oxygens (including phenoxy) is 2. The second-order valence-electron chi connectivity index (χ2n) is 4.72. The lowest BCUT2D eigenvalue weighted by Gasteiger charge is -2.10. The number of benzene rings is 2. The molecule has 2 rings (SSSR count). The van der Waals surface area contributed by atoms with Gasteiger partial charge in [0.25, 0.3) is 0 Å². The molecule has 0 unspecified atom stereocenters. The van der Waals surface area contributed by atoms with Gasteiger partial charge in [-0.05, 0) is 42.5 Å². The first-order valence-corrected chi connectivity index (χ1v) is 8.57. The van der Waals surface area contributed by atoms with E-state index in [9.17, 15) is 18.0 Å². The molecular weight excluding hydrogens is 372 g/mol. The van der Waals surface area contributed by atoms with Crippen molar-refractivity contribution in [3.8, 4) is 5.75 Å². The highest BCUT2D eigenvalue weighted by atomic mass is 35.5. The van der Waals surface area contributed by atoms with Gasteiger partial charge in [0.15, 0.2) is 0 Å². The molecule has 7 nitrogen and oxygen atoms in total. The lowest BCUT2D eigenvalue weighted by atomic mass is 10.1. The molecule has 0 heterocycles. The van der Waals surface area contributed by atoms with Gasteiger partial charge in [0.05, 0.1) is 25.3 Å². The van der Waals surface area contributed by atoms with E-state index < -0.39 is 27.0 Å². The molecule has 0 saturated carbocycles. The fourth-order valence-electron chi connectivity index (χ4n) is 1.88. The summed E-state index contributed by atoms with van der Waals surface area (Å²) in [5.41, 5.74) is -0.271. The largest absolute Gasteiger partial charge is 0.465 e. The first kappa shape index (κ1) is 18.8. The predicted octanol–water partition coefficient (Wildman–Crippen LogP) is 2.68. The minimum absolute atomic E-state index is 0.0208. The van der Waals surface area contributed by atoms with E-state index in [1.807, 2.05) is 0 Å². The summed E-state index contributed by atoms with van der Waals surface area (Å²) in [6.45, 7) is 0. The van der Waals surface area contributed by atoms with E-state index in [4.69, 9.17) is 15.8 Å². The Bertz CT molecular complexity index is 870. The average molecular weight is 385 g/mol. The molecule has 0 N–H and O–H groups in total. The van der Waals surface area contributed by atoms with Crippen molar-refractivity contribution in [2.45, 2.75) is 4.90 Å². The first-order valence-electron chi connectivity index (χ1n) is 6.78. The van der Waals surface area contributed by atoms with Crippen molar-refractivity contribution in [1.82, 2.24) is 0 Å². The van der Waals surface area contributed by atoms with E-state index in [2.05, 4.69) is 9.47 Å². The van der Waals surface area contributed by atoms with Gasteiger partial charge in [-0.15, -0.1) is 0 Å². The topological polar surface area (TPSA) is 96.0 Å². The van der Waals surface area contributed by atoms with Crippen molar-refractivity contribution in [3.05, 3.63) is 58.6 Å². The normalized spacial score (nSPS) is 10.8. The molecule has 0 aromatic heterocycles. The van der Waals surface area contributed by atoms with Crippen LogP contribution in [0.4, 0.5) is 0 Å². The predicted molar refractivity (Wildman–Crippen MR) is 88.4 cm³/mol. The lowest BCUT2D eigenvalue weighted by molar-refractivity contribution is 0.0598. The summed E-state index contributed by atoms with van der Waals surface area (Å²) in [6, 6.07) is 8.90. The molecule has 25 heavy (non-hydrogen) atoms. The highest BCUT2D eigenvalue weighted by molar-refractivity contribution is 7.87. The van der Waals surface area contributed by atoms with Gasteiger partial charge in [-0.1, -0.05) is 11.6 Å². The Hall–Kier alpha value is -2.58. The molecule has 2 aromatic rings. The van der Waals surface area contributed by atoms with Crippen LogP contribution in [0.25, 0.3) is 0 Å². The number of hydrogen-bond acceptors (Lipinski definition) is 7. The minimum atomic E-state index is -4.31. The zero-order valence-corrected chi connectivity index (χ0v) is 14.8. The summed E-state index contributed by atoms with van der Waals surface area (Å²) < 4.78 is 39.0. The summed E-state index contributed by atoms with van der Waals surface area (Å²) in [5.74, 6) is -1.60. The van der Waals surface area contributed by atoms with Gasteiger partial charge in [-0.3, -0.25) is 0 Å². The maximum atomic E-state index is 12.5. The zero-order valence-electron chi connectivity index (χ0n) is 13.2. The third-order valence-corrected chi connectivity index (χ3v) is 4.53. The Balaban J connectivity index is 2.49. The second-order valence-corrected chi connectivity index (χ2v) is 6.70. The fraction of sp³-hybridized carbons (Fsp3) is 0.125. The average Bonchev–Trinajstić information content (AvgIpc) is 2.61. The van der Waals surface area contributed by atoms with Crippen molar-refractivity contribution >= 4 is 33.7 Å². The van der Waals surface area contributed by atoms with E-state index in [1.165, 1.54) is 30.3 Å². The summed E-state index contributed by atoms with van der Waals surface area (Å²) in [4.78, 5) is 23.1. The standard InChI is InChI=1S/C16H13ClO7S/c1-22-15(18)10-7-11(16(19)23-2)9-14(8-10)25(20,21)24-13-5-3-12(17)4-6-13/h3-9H,1-2H3. The number of carbonyl (C=O) groups is 2. The summed E-state index contributed by atoms with van der Waals surface area (Å²) in [5, 5.41) is 0.408. The van der Waals surface area contributed by atoms with E-state index >= 15 is 0 Å². The minimum Gasteiger partial charge on any atom is -0.465 e. The van der Waals surface area contributed by atoms with E-state index in [-0.39, 0.29) is 16.9 Å². The number of rotatable bonds is 5. The molecule has 0 spiro atoms. The first-order chi connectivity index (χ1) is 11.8. The van der Waals surface area contributed by atoms with Crippen LogP contribution in [0, 0.1) is 0 Å². The van der Waals surface area contributed by atoms with Gasteiger partial charge in [-0.2, -0.15) is 8.42 Å². The SMILES string of the molecule is COC(=O)c1cc(C(=O)OC)cc(S(=O)(=O)Oc2ccc(Cl)cc2)c1. The number of halogens is 1. The van der Waals surface area contributed by atoms with Crippen LogP contribution in [0.15, 0.2) is 47.4 Å². The van der Waals surface area contributed by atoms with Gasteiger partial charge < -0.3 is 13.7 Å². The van der Waals surface area contributed by atoms with Crippen molar-refractivity contribution < 1.29 is 31.7 Å². The summed E-state index contributed by atoms with van der Waals surface area (Å²) in [6.07, 6.45) is 0. The molecule has 0 radical (unpaired) electrons. The molecule has 0 amide bonds. The fourth-order valence-corrected chi connectivity index (χ4v) is 3.01. The smallest absolute Gasteiger partial charge is 0.339 e. The van der Waals surface area contributed by atoms with Crippen molar-refractivity contribution in [1.29, 1.82) is 0 Å². The Morgan fingerprint density at radius 1 is 0.880 bits per heavy atom. The Kier molecular flexibility index (Phi) is 5.66. The van der Waals surface area contributed by atoms with Gasteiger partial charge in [0.1, 0.15) is 10.6 Å². The van der Waals surface area contributed by atoms with Gasteiger partial charge in [0.2, 0.25) is 0 Å².